The van der Waals surface area contributed by atoms with Crippen LogP contribution in [-0.2, 0) is 20.6 Å². The van der Waals surface area contributed by atoms with Crippen molar-refractivity contribution < 1.29 is 18.3 Å². The Bertz CT molecular complexity index is 609. The van der Waals surface area contributed by atoms with Gasteiger partial charge in [0.1, 0.15) is 0 Å². The molecule has 0 aliphatic heterocycles. The molecule has 0 amide bonds. The van der Waals surface area contributed by atoms with Crippen LogP contribution in [0, 0.1) is 0 Å². The van der Waals surface area contributed by atoms with Gasteiger partial charge in [-0.25, -0.2) is 13.1 Å². The molecule has 0 unspecified atom stereocenters. The Morgan fingerprint density at radius 1 is 1.29 bits per heavy atom. The highest BCUT2D eigenvalue weighted by atomic mass is 35.5. The van der Waals surface area contributed by atoms with Crippen LogP contribution in [0.25, 0.3) is 0 Å². The van der Waals surface area contributed by atoms with Gasteiger partial charge in [-0.2, -0.15) is 0 Å². The molecule has 0 saturated carbocycles. The second-order valence-electron chi connectivity index (χ2n) is 5.34. The van der Waals surface area contributed by atoms with Gasteiger partial charge < -0.3 is 5.11 Å². The molecule has 0 aliphatic carbocycles. The van der Waals surface area contributed by atoms with Crippen molar-refractivity contribution in [3.8, 4) is 0 Å². The Balaban J connectivity index is 2.85. The van der Waals surface area contributed by atoms with Gasteiger partial charge >= 0.3 is 5.97 Å². The third kappa shape index (κ3) is 6.22. The van der Waals surface area contributed by atoms with Crippen LogP contribution < -0.4 is 4.72 Å². The highest BCUT2D eigenvalue weighted by Gasteiger charge is 2.26. The first-order valence-corrected chi connectivity index (χ1v) is 8.59. The van der Waals surface area contributed by atoms with E-state index in [-0.39, 0.29) is 28.6 Å². The minimum Gasteiger partial charge on any atom is -0.481 e. The van der Waals surface area contributed by atoms with E-state index in [0.29, 0.717) is 5.56 Å². The van der Waals surface area contributed by atoms with E-state index in [1.807, 2.05) is 0 Å². The zero-order valence-electron chi connectivity index (χ0n) is 11.7. The second kappa shape index (κ2) is 6.96. The van der Waals surface area contributed by atoms with E-state index < -0.39 is 21.5 Å². The molecule has 0 saturated heterocycles. The molecule has 2 N–H and O–H groups in total. The monoisotopic (exact) mass is 353 g/mol. The molecule has 0 aliphatic rings. The summed E-state index contributed by atoms with van der Waals surface area (Å²) in [6.45, 7) is 3.25. The second-order valence-corrected chi connectivity index (χ2v) is 7.88. The summed E-state index contributed by atoms with van der Waals surface area (Å²) < 4.78 is 26.9. The van der Waals surface area contributed by atoms with E-state index in [1.54, 1.807) is 32.0 Å². The summed E-state index contributed by atoms with van der Waals surface area (Å²) in [4.78, 5) is 10.6. The SMILES string of the molecule is CC(C)(CCC(=O)O)NS(=O)(=O)Cc1c(Cl)cccc1Cl. The fourth-order valence-electron chi connectivity index (χ4n) is 1.79. The van der Waals surface area contributed by atoms with E-state index in [1.165, 1.54) is 0 Å². The number of carboxylic acid groups (broad SMARTS) is 1. The summed E-state index contributed by atoms with van der Waals surface area (Å²) in [5, 5.41) is 9.22. The number of hydrogen-bond acceptors (Lipinski definition) is 3. The van der Waals surface area contributed by atoms with Gasteiger partial charge in [-0.05, 0) is 32.4 Å². The predicted molar refractivity (Wildman–Crippen MR) is 83.2 cm³/mol. The number of hydrogen-bond donors (Lipinski definition) is 2. The molecule has 1 rings (SSSR count). The first-order chi connectivity index (χ1) is 9.52. The molecule has 0 spiro atoms. The fraction of sp³-hybridized carbons (Fsp3) is 0.462. The van der Waals surface area contributed by atoms with Crippen molar-refractivity contribution in [1.82, 2.24) is 4.72 Å². The first-order valence-electron chi connectivity index (χ1n) is 6.19. The van der Waals surface area contributed by atoms with E-state index >= 15 is 0 Å². The van der Waals surface area contributed by atoms with E-state index in [4.69, 9.17) is 28.3 Å². The van der Waals surface area contributed by atoms with Crippen molar-refractivity contribution in [3.05, 3.63) is 33.8 Å². The predicted octanol–water partition coefficient (Wildman–Crippen LogP) is 3.06. The standard InChI is InChI=1S/C13H17Cl2NO4S/c1-13(2,7-6-12(17)18)16-21(19,20)8-9-10(14)4-3-5-11(9)15/h3-5,16H,6-8H2,1-2H3,(H,17,18). The number of rotatable bonds is 7. The average molecular weight is 354 g/mol. The zero-order chi connectivity index (χ0) is 16.3. The Morgan fingerprint density at radius 2 is 1.81 bits per heavy atom. The van der Waals surface area contributed by atoms with Crippen molar-refractivity contribution in [2.75, 3.05) is 0 Å². The van der Waals surface area contributed by atoms with Gasteiger partial charge in [-0.3, -0.25) is 4.79 Å². The lowest BCUT2D eigenvalue weighted by Gasteiger charge is -2.25. The molecule has 5 nitrogen and oxygen atoms in total. The van der Waals surface area contributed by atoms with Crippen molar-refractivity contribution in [3.63, 3.8) is 0 Å². The first kappa shape index (κ1) is 18.2. The van der Waals surface area contributed by atoms with Crippen LogP contribution in [0.15, 0.2) is 18.2 Å². The Hall–Kier alpha value is -0.820. The largest absolute Gasteiger partial charge is 0.481 e. The summed E-state index contributed by atoms with van der Waals surface area (Å²) in [5.74, 6) is -1.33. The normalized spacial score (nSPS) is 12.4. The summed E-state index contributed by atoms with van der Waals surface area (Å²) in [5.41, 5.74) is -0.548. The Labute approximate surface area is 134 Å². The van der Waals surface area contributed by atoms with E-state index in [9.17, 15) is 13.2 Å². The summed E-state index contributed by atoms with van der Waals surface area (Å²) in [6, 6.07) is 4.76. The number of sulfonamides is 1. The molecule has 118 valence electrons. The Morgan fingerprint density at radius 3 is 2.29 bits per heavy atom. The fourth-order valence-corrected chi connectivity index (χ4v) is 4.18. The number of halogens is 2. The molecule has 0 radical (unpaired) electrons. The van der Waals surface area contributed by atoms with Crippen molar-refractivity contribution >= 4 is 39.2 Å². The highest BCUT2D eigenvalue weighted by Crippen LogP contribution is 2.26. The maximum atomic E-state index is 12.2. The number of nitrogens with one attached hydrogen (secondary N) is 1. The topological polar surface area (TPSA) is 83.5 Å². The maximum Gasteiger partial charge on any atom is 0.303 e. The molecule has 0 fully saturated rings. The molecule has 0 atom stereocenters. The number of carboxylic acids is 1. The molecule has 1 aromatic carbocycles. The average Bonchev–Trinajstić information content (AvgIpc) is 2.30. The minimum absolute atomic E-state index is 0.123. The molecule has 8 heteroatoms. The van der Waals surface area contributed by atoms with E-state index in [0.717, 1.165) is 0 Å². The number of carbonyl (C=O) groups is 1. The van der Waals surface area contributed by atoms with Gasteiger partial charge in [-0.15, -0.1) is 0 Å². The number of benzene rings is 1. The smallest absolute Gasteiger partial charge is 0.303 e. The van der Waals surface area contributed by atoms with Crippen LogP contribution in [0.2, 0.25) is 10.0 Å². The lowest BCUT2D eigenvalue weighted by atomic mass is 10.0. The van der Waals surface area contributed by atoms with Gasteiger partial charge in [0, 0.05) is 27.6 Å². The minimum atomic E-state index is -3.70. The third-order valence-corrected chi connectivity index (χ3v) is 5.03. The van der Waals surface area contributed by atoms with Crippen molar-refractivity contribution in [2.24, 2.45) is 0 Å². The highest BCUT2D eigenvalue weighted by molar-refractivity contribution is 7.88. The van der Waals surface area contributed by atoms with Gasteiger partial charge in [0.2, 0.25) is 10.0 Å². The number of aliphatic carboxylic acids is 1. The lowest BCUT2D eigenvalue weighted by Crippen LogP contribution is -2.44. The van der Waals surface area contributed by atoms with Gasteiger partial charge in [-0.1, -0.05) is 29.3 Å². The van der Waals surface area contributed by atoms with Gasteiger partial charge in [0.15, 0.2) is 0 Å². The van der Waals surface area contributed by atoms with Crippen LogP contribution >= 0.6 is 23.2 Å². The summed E-state index contributed by atoms with van der Waals surface area (Å²) in [6.07, 6.45) is 0.0557. The van der Waals surface area contributed by atoms with Crippen LogP contribution in [-0.4, -0.2) is 25.0 Å². The molecule has 0 aromatic heterocycles. The zero-order valence-corrected chi connectivity index (χ0v) is 14.0. The maximum absolute atomic E-state index is 12.2. The van der Waals surface area contributed by atoms with Gasteiger partial charge in [0.25, 0.3) is 0 Å². The molecule has 0 heterocycles. The van der Waals surface area contributed by atoms with Crippen LogP contribution in [0.3, 0.4) is 0 Å². The molecule has 1 aromatic rings. The summed E-state index contributed by atoms with van der Waals surface area (Å²) in [7, 11) is -3.70. The van der Waals surface area contributed by atoms with Crippen LogP contribution in [0.1, 0.15) is 32.3 Å². The molecule has 21 heavy (non-hydrogen) atoms. The third-order valence-electron chi connectivity index (χ3n) is 2.79. The van der Waals surface area contributed by atoms with E-state index in [2.05, 4.69) is 4.72 Å². The molecular weight excluding hydrogens is 337 g/mol. The van der Waals surface area contributed by atoms with Crippen LogP contribution in [0.4, 0.5) is 0 Å². The van der Waals surface area contributed by atoms with Gasteiger partial charge in [0.05, 0.1) is 5.75 Å². The lowest BCUT2D eigenvalue weighted by molar-refractivity contribution is -0.137. The summed E-state index contributed by atoms with van der Waals surface area (Å²) >= 11 is 11.9. The quantitative estimate of drug-likeness (QED) is 0.788. The van der Waals surface area contributed by atoms with Crippen LogP contribution in [0.5, 0.6) is 0 Å². The Kier molecular flexibility index (Phi) is 6.04. The molecular formula is C13H17Cl2NO4S. The van der Waals surface area contributed by atoms with Crippen molar-refractivity contribution in [2.45, 2.75) is 38.0 Å². The molecule has 0 bridgehead atoms. The van der Waals surface area contributed by atoms with Crippen molar-refractivity contribution in [1.29, 1.82) is 0 Å².